The van der Waals surface area contributed by atoms with Crippen molar-refractivity contribution < 1.29 is 4.79 Å². The number of nitrogens with zero attached hydrogens (tertiary/aromatic N) is 2. The van der Waals surface area contributed by atoms with Crippen LogP contribution in [-0.4, -0.2) is 29.0 Å². The monoisotopic (exact) mass is 276 g/mol. The van der Waals surface area contributed by atoms with Crippen LogP contribution in [0.15, 0.2) is 24.4 Å². The van der Waals surface area contributed by atoms with Crippen LogP contribution in [0.3, 0.4) is 0 Å². The molecule has 0 fully saturated rings. The number of carbonyl (C=O) groups is 1. The second-order valence-corrected chi connectivity index (χ2v) is 5.25. The van der Waals surface area contributed by atoms with Crippen LogP contribution in [-0.2, 0) is 0 Å². The summed E-state index contributed by atoms with van der Waals surface area (Å²) in [6.45, 7) is 4.94. The van der Waals surface area contributed by atoms with Crippen molar-refractivity contribution >= 4 is 23.1 Å². The van der Waals surface area contributed by atoms with E-state index in [-0.39, 0.29) is 5.91 Å². The molecule has 2 N–H and O–H groups in total. The number of aryl methyl sites for hydroxylation is 2. The zero-order chi connectivity index (χ0) is 13.7. The third-order valence-corrected chi connectivity index (χ3v) is 3.56. The van der Waals surface area contributed by atoms with E-state index in [1.807, 2.05) is 32.0 Å². The molecule has 0 unspecified atom stereocenters. The van der Waals surface area contributed by atoms with E-state index in [0.29, 0.717) is 18.0 Å². The van der Waals surface area contributed by atoms with Gasteiger partial charge in [0.25, 0.3) is 5.91 Å². The second kappa shape index (κ2) is 6.29. The Balaban J connectivity index is 1.77. The van der Waals surface area contributed by atoms with Crippen molar-refractivity contribution in [3.8, 4) is 0 Å². The number of rotatable bonds is 5. The fourth-order valence-corrected chi connectivity index (χ4v) is 2.49. The molecule has 5 nitrogen and oxygen atoms in total. The van der Waals surface area contributed by atoms with Crippen molar-refractivity contribution in [2.24, 2.45) is 0 Å². The fourth-order valence-electron chi connectivity index (χ4n) is 1.66. The topological polar surface area (TPSA) is 66.9 Å². The summed E-state index contributed by atoms with van der Waals surface area (Å²) in [5, 5.41) is 6.91. The van der Waals surface area contributed by atoms with Crippen LogP contribution in [0.4, 0.5) is 5.82 Å². The Morgan fingerprint density at radius 1 is 1.32 bits per heavy atom. The minimum atomic E-state index is -0.0640. The van der Waals surface area contributed by atoms with Crippen LogP contribution in [0.2, 0.25) is 0 Å². The van der Waals surface area contributed by atoms with Crippen LogP contribution >= 0.6 is 11.3 Å². The SMILES string of the molecule is Cc1nc(C)c(C(=O)NCCNc2ccccn2)s1. The highest BCUT2D eigenvalue weighted by Crippen LogP contribution is 2.16. The maximum absolute atomic E-state index is 11.9. The molecule has 2 rings (SSSR count). The first-order chi connectivity index (χ1) is 9.16. The summed E-state index contributed by atoms with van der Waals surface area (Å²) in [6, 6.07) is 5.66. The van der Waals surface area contributed by atoms with Gasteiger partial charge < -0.3 is 10.6 Å². The Bertz CT molecular complexity index is 553. The van der Waals surface area contributed by atoms with Crippen molar-refractivity contribution in [1.29, 1.82) is 0 Å². The van der Waals surface area contributed by atoms with Gasteiger partial charge in [0, 0.05) is 19.3 Å². The van der Waals surface area contributed by atoms with E-state index in [0.717, 1.165) is 16.5 Å². The lowest BCUT2D eigenvalue weighted by Gasteiger charge is -2.06. The molecule has 2 aromatic rings. The molecule has 1 amide bonds. The molecule has 0 saturated heterocycles. The van der Waals surface area contributed by atoms with Gasteiger partial charge in [0.05, 0.1) is 10.7 Å². The van der Waals surface area contributed by atoms with Gasteiger partial charge in [0.1, 0.15) is 10.7 Å². The summed E-state index contributed by atoms with van der Waals surface area (Å²) in [6.07, 6.45) is 1.73. The van der Waals surface area contributed by atoms with Crippen LogP contribution in [0.1, 0.15) is 20.4 Å². The molecule has 0 aliphatic rings. The van der Waals surface area contributed by atoms with E-state index in [9.17, 15) is 4.79 Å². The Hall–Kier alpha value is -1.95. The Labute approximate surface area is 116 Å². The molecule has 2 heterocycles. The lowest BCUT2D eigenvalue weighted by molar-refractivity contribution is 0.0958. The predicted octanol–water partition coefficient (Wildman–Crippen LogP) is 2.00. The minimum Gasteiger partial charge on any atom is -0.368 e. The number of nitrogens with one attached hydrogen (secondary N) is 2. The Kier molecular flexibility index (Phi) is 4.46. The van der Waals surface area contributed by atoms with E-state index < -0.39 is 0 Å². The van der Waals surface area contributed by atoms with Crippen molar-refractivity contribution in [1.82, 2.24) is 15.3 Å². The van der Waals surface area contributed by atoms with Crippen molar-refractivity contribution in [2.45, 2.75) is 13.8 Å². The summed E-state index contributed by atoms with van der Waals surface area (Å²) in [7, 11) is 0. The van der Waals surface area contributed by atoms with Gasteiger partial charge in [-0.2, -0.15) is 0 Å². The van der Waals surface area contributed by atoms with E-state index in [2.05, 4.69) is 20.6 Å². The molecule has 100 valence electrons. The first-order valence-corrected chi connectivity index (χ1v) is 6.85. The molecular weight excluding hydrogens is 260 g/mol. The Morgan fingerprint density at radius 2 is 2.16 bits per heavy atom. The molecule has 6 heteroatoms. The number of pyridine rings is 1. The molecule has 0 spiro atoms. The van der Waals surface area contributed by atoms with E-state index >= 15 is 0 Å². The summed E-state index contributed by atoms with van der Waals surface area (Å²) >= 11 is 1.42. The van der Waals surface area contributed by atoms with Gasteiger partial charge in [-0.25, -0.2) is 9.97 Å². The molecule has 0 saturated carbocycles. The zero-order valence-electron chi connectivity index (χ0n) is 10.9. The highest BCUT2D eigenvalue weighted by atomic mass is 32.1. The van der Waals surface area contributed by atoms with Gasteiger partial charge in [0.15, 0.2) is 0 Å². The quantitative estimate of drug-likeness (QED) is 0.820. The number of carbonyl (C=O) groups excluding carboxylic acids is 1. The average molecular weight is 276 g/mol. The normalized spacial score (nSPS) is 10.2. The molecule has 19 heavy (non-hydrogen) atoms. The fraction of sp³-hybridized carbons (Fsp3) is 0.308. The molecule has 0 atom stereocenters. The van der Waals surface area contributed by atoms with Gasteiger partial charge in [-0.05, 0) is 26.0 Å². The zero-order valence-corrected chi connectivity index (χ0v) is 11.8. The molecule has 0 aliphatic heterocycles. The first-order valence-electron chi connectivity index (χ1n) is 6.04. The van der Waals surface area contributed by atoms with E-state index in [1.165, 1.54) is 11.3 Å². The van der Waals surface area contributed by atoms with Gasteiger partial charge in [-0.1, -0.05) is 6.07 Å². The summed E-state index contributed by atoms with van der Waals surface area (Å²) < 4.78 is 0. The van der Waals surface area contributed by atoms with Gasteiger partial charge in [-0.15, -0.1) is 11.3 Å². The molecular formula is C13H16N4OS. The van der Waals surface area contributed by atoms with Crippen molar-refractivity contribution in [2.75, 3.05) is 18.4 Å². The number of thiazole rings is 1. The van der Waals surface area contributed by atoms with E-state index in [4.69, 9.17) is 0 Å². The van der Waals surface area contributed by atoms with Gasteiger partial charge in [0.2, 0.25) is 0 Å². The number of hydrogen-bond donors (Lipinski definition) is 2. The summed E-state index contributed by atoms with van der Waals surface area (Å²) in [5.74, 6) is 0.743. The number of aromatic nitrogens is 2. The average Bonchev–Trinajstić information content (AvgIpc) is 2.75. The summed E-state index contributed by atoms with van der Waals surface area (Å²) in [4.78, 5) is 21.0. The number of hydrogen-bond acceptors (Lipinski definition) is 5. The lowest BCUT2D eigenvalue weighted by atomic mass is 10.3. The maximum Gasteiger partial charge on any atom is 0.263 e. The summed E-state index contributed by atoms with van der Waals surface area (Å²) in [5.41, 5.74) is 0.790. The number of amides is 1. The predicted molar refractivity (Wildman–Crippen MR) is 76.6 cm³/mol. The molecule has 0 radical (unpaired) electrons. The maximum atomic E-state index is 11.9. The first kappa shape index (κ1) is 13.5. The molecule has 0 aromatic carbocycles. The van der Waals surface area contributed by atoms with Crippen LogP contribution in [0.5, 0.6) is 0 Å². The van der Waals surface area contributed by atoms with Crippen molar-refractivity contribution in [3.63, 3.8) is 0 Å². The van der Waals surface area contributed by atoms with Crippen molar-refractivity contribution in [3.05, 3.63) is 40.0 Å². The van der Waals surface area contributed by atoms with Crippen LogP contribution < -0.4 is 10.6 Å². The smallest absolute Gasteiger partial charge is 0.263 e. The minimum absolute atomic E-state index is 0.0640. The molecule has 0 aliphatic carbocycles. The number of anilines is 1. The third kappa shape index (κ3) is 3.75. The highest BCUT2D eigenvalue weighted by molar-refractivity contribution is 7.13. The molecule has 0 bridgehead atoms. The largest absolute Gasteiger partial charge is 0.368 e. The third-order valence-electron chi connectivity index (χ3n) is 2.49. The van der Waals surface area contributed by atoms with E-state index in [1.54, 1.807) is 6.20 Å². The Morgan fingerprint density at radius 3 is 2.79 bits per heavy atom. The van der Waals surface area contributed by atoms with Gasteiger partial charge in [-0.3, -0.25) is 4.79 Å². The highest BCUT2D eigenvalue weighted by Gasteiger charge is 2.12. The van der Waals surface area contributed by atoms with Gasteiger partial charge >= 0.3 is 0 Å². The lowest BCUT2D eigenvalue weighted by Crippen LogP contribution is -2.28. The molecule has 2 aromatic heterocycles. The van der Waals surface area contributed by atoms with Crippen LogP contribution in [0, 0.1) is 13.8 Å². The van der Waals surface area contributed by atoms with Crippen LogP contribution in [0.25, 0.3) is 0 Å². The standard InChI is InChI=1S/C13H16N4OS/c1-9-12(19-10(2)17-9)13(18)16-8-7-15-11-5-3-4-6-14-11/h3-6H,7-8H2,1-2H3,(H,14,15)(H,16,18). The second-order valence-electron chi connectivity index (χ2n) is 4.05.